The number of hydrogen-bond donors (Lipinski definition) is 1. The van der Waals surface area contributed by atoms with E-state index in [4.69, 9.17) is 5.73 Å². The first-order valence-electron chi connectivity index (χ1n) is 4.77. The molecule has 0 aliphatic heterocycles. The van der Waals surface area contributed by atoms with Gasteiger partial charge >= 0.3 is 0 Å². The van der Waals surface area contributed by atoms with Gasteiger partial charge in [-0.3, -0.25) is 0 Å². The molecule has 0 aromatic heterocycles. The van der Waals surface area contributed by atoms with Crippen LogP contribution in [-0.2, 0) is 6.42 Å². The van der Waals surface area contributed by atoms with E-state index in [2.05, 4.69) is 34.1 Å². The van der Waals surface area contributed by atoms with Crippen LogP contribution in [0.5, 0.6) is 0 Å². The van der Waals surface area contributed by atoms with Gasteiger partial charge in [0.05, 0.1) is 0 Å². The number of benzene rings is 1. The molecule has 0 aliphatic rings. The van der Waals surface area contributed by atoms with Gasteiger partial charge in [-0.25, -0.2) is 0 Å². The minimum Gasteiger partial charge on any atom is -0.330 e. The average Bonchev–Trinajstić information content (AvgIpc) is 2.18. The highest BCUT2D eigenvalue weighted by molar-refractivity contribution is 9.10. The molecular formula is C11H18BrN. The molecule has 0 spiro atoms. The summed E-state index contributed by atoms with van der Waals surface area (Å²) < 4.78 is 1.15. The van der Waals surface area contributed by atoms with E-state index in [1.165, 1.54) is 5.56 Å². The Labute approximate surface area is 89.5 Å². The van der Waals surface area contributed by atoms with E-state index < -0.39 is 0 Å². The second-order valence-electron chi connectivity index (χ2n) is 2.52. The number of nitrogens with two attached hydrogens (primary N) is 1. The van der Waals surface area contributed by atoms with Gasteiger partial charge in [0.15, 0.2) is 0 Å². The van der Waals surface area contributed by atoms with Gasteiger partial charge < -0.3 is 5.73 Å². The largest absolute Gasteiger partial charge is 0.330 e. The highest BCUT2D eigenvalue weighted by Crippen LogP contribution is 2.12. The summed E-state index contributed by atoms with van der Waals surface area (Å²) in [7, 11) is 0. The topological polar surface area (TPSA) is 26.0 Å². The molecule has 2 heteroatoms. The van der Waals surface area contributed by atoms with Gasteiger partial charge in [-0.15, -0.1) is 0 Å². The van der Waals surface area contributed by atoms with Gasteiger partial charge in [-0.1, -0.05) is 41.9 Å². The van der Waals surface area contributed by atoms with Crippen molar-refractivity contribution in [3.63, 3.8) is 0 Å². The summed E-state index contributed by atoms with van der Waals surface area (Å²) in [5.74, 6) is 0. The normalized spacial score (nSPS) is 8.92. The quantitative estimate of drug-likeness (QED) is 0.866. The van der Waals surface area contributed by atoms with Crippen molar-refractivity contribution >= 4 is 15.9 Å². The summed E-state index contributed by atoms with van der Waals surface area (Å²) in [5, 5.41) is 0. The first-order valence-corrected chi connectivity index (χ1v) is 5.57. The van der Waals surface area contributed by atoms with E-state index in [-0.39, 0.29) is 0 Å². The van der Waals surface area contributed by atoms with E-state index in [9.17, 15) is 0 Å². The third-order valence-corrected chi connectivity index (χ3v) is 2.05. The zero-order valence-electron chi connectivity index (χ0n) is 8.39. The first kappa shape index (κ1) is 12.7. The lowest BCUT2D eigenvalue weighted by Gasteiger charge is -1.98. The van der Waals surface area contributed by atoms with Crippen LogP contribution in [0.25, 0.3) is 0 Å². The van der Waals surface area contributed by atoms with E-state index in [0.29, 0.717) is 0 Å². The predicted octanol–water partition coefficient (Wildman–Crippen LogP) is 3.37. The van der Waals surface area contributed by atoms with Crippen molar-refractivity contribution < 1.29 is 0 Å². The molecule has 1 aromatic carbocycles. The van der Waals surface area contributed by atoms with Crippen LogP contribution >= 0.6 is 15.9 Å². The maximum absolute atomic E-state index is 5.40. The zero-order chi connectivity index (χ0) is 10.1. The Bertz CT molecular complexity index is 223. The Balaban J connectivity index is 0.000000671. The number of aryl methyl sites for hydroxylation is 1. The fourth-order valence-corrected chi connectivity index (χ4v) is 1.45. The molecule has 0 bridgehead atoms. The smallest absolute Gasteiger partial charge is 0.0177 e. The van der Waals surface area contributed by atoms with E-state index in [0.717, 1.165) is 23.9 Å². The molecule has 0 saturated heterocycles. The number of halogens is 1. The maximum atomic E-state index is 5.40. The van der Waals surface area contributed by atoms with Crippen molar-refractivity contribution in [2.45, 2.75) is 26.7 Å². The molecule has 0 atom stereocenters. The summed E-state index contributed by atoms with van der Waals surface area (Å²) in [6.07, 6.45) is 2.15. The molecule has 1 rings (SSSR count). The Morgan fingerprint density at radius 2 is 2.00 bits per heavy atom. The van der Waals surface area contributed by atoms with Crippen LogP contribution < -0.4 is 5.73 Å². The fourth-order valence-electron chi connectivity index (χ4n) is 0.999. The van der Waals surface area contributed by atoms with E-state index in [1.807, 2.05) is 19.9 Å². The summed E-state index contributed by atoms with van der Waals surface area (Å²) in [4.78, 5) is 0. The third-order valence-electron chi connectivity index (χ3n) is 1.56. The molecule has 1 aromatic rings. The first-order chi connectivity index (χ1) is 6.33. The van der Waals surface area contributed by atoms with Crippen LogP contribution in [0.15, 0.2) is 28.7 Å². The van der Waals surface area contributed by atoms with Gasteiger partial charge in [0, 0.05) is 4.47 Å². The molecule has 0 unspecified atom stereocenters. The molecule has 1 nitrogen and oxygen atoms in total. The standard InChI is InChI=1S/C9H12BrN.C2H6/c10-9-5-1-3-8(7-9)4-2-6-11;1-2/h1,3,5,7H,2,4,6,11H2;1-2H3. The van der Waals surface area contributed by atoms with Crippen molar-refractivity contribution in [1.82, 2.24) is 0 Å². The minimum atomic E-state index is 0.770. The second-order valence-corrected chi connectivity index (χ2v) is 3.44. The summed E-state index contributed by atoms with van der Waals surface area (Å²) in [5.41, 5.74) is 6.75. The summed E-state index contributed by atoms with van der Waals surface area (Å²) in [6.45, 7) is 4.77. The molecule has 0 heterocycles. The molecule has 74 valence electrons. The third kappa shape index (κ3) is 5.83. The number of hydrogen-bond acceptors (Lipinski definition) is 1. The molecule has 2 N–H and O–H groups in total. The van der Waals surface area contributed by atoms with Crippen LogP contribution in [-0.4, -0.2) is 6.54 Å². The Morgan fingerprint density at radius 1 is 1.31 bits per heavy atom. The lowest BCUT2D eigenvalue weighted by Crippen LogP contribution is -1.99. The Morgan fingerprint density at radius 3 is 2.54 bits per heavy atom. The van der Waals surface area contributed by atoms with Crippen molar-refractivity contribution in [2.75, 3.05) is 6.54 Å². The van der Waals surface area contributed by atoms with Gasteiger partial charge in [-0.05, 0) is 37.1 Å². The van der Waals surface area contributed by atoms with E-state index in [1.54, 1.807) is 0 Å². The summed E-state index contributed by atoms with van der Waals surface area (Å²) >= 11 is 3.42. The number of rotatable bonds is 3. The average molecular weight is 244 g/mol. The Hall–Kier alpha value is -0.340. The van der Waals surface area contributed by atoms with Crippen LogP contribution in [0.2, 0.25) is 0 Å². The van der Waals surface area contributed by atoms with Crippen LogP contribution in [0.3, 0.4) is 0 Å². The predicted molar refractivity (Wildman–Crippen MR) is 62.9 cm³/mol. The lowest BCUT2D eigenvalue weighted by atomic mass is 10.1. The maximum Gasteiger partial charge on any atom is 0.0177 e. The molecule has 0 amide bonds. The molecule has 0 saturated carbocycles. The fraction of sp³-hybridized carbons (Fsp3) is 0.455. The van der Waals surface area contributed by atoms with Gasteiger partial charge in [0.1, 0.15) is 0 Å². The highest BCUT2D eigenvalue weighted by Gasteiger charge is 1.91. The summed E-state index contributed by atoms with van der Waals surface area (Å²) in [6, 6.07) is 8.35. The van der Waals surface area contributed by atoms with Crippen molar-refractivity contribution in [3.8, 4) is 0 Å². The molecular weight excluding hydrogens is 226 g/mol. The monoisotopic (exact) mass is 243 g/mol. The molecule has 13 heavy (non-hydrogen) atoms. The molecule has 0 fully saturated rings. The van der Waals surface area contributed by atoms with Crippen LogP contribution in [0, 0.1) is 0 Å². The van der Waals surface area contributed by atoms with Gasteiger partial charge in [0.2, 0.25) is 0 Å². The van der Waals surface area contributed by atoms with Gasteiger partial charge in [-0.2, -0.15) is 0 Å². The SMILES string of the molecule is CC.NCCCc1cccc(Br)c1. The van der Waals surface area contributed by atoms with Crippen molar-refractivity contribution in [1.29, 1.82) is 0 Å². The minimum absolute atomic E-state index is 0.770. The van der Waals surface area contributed by atoms with Crippen LogP contribution in [0.1, 0.15) is 25.8 Å². The molecule has 0 radical (unpaired) electrons. The van der Waals surface area contributed by atoms with E-state index >= 15 is 0 Å². The second kappa shape index (κ2) is 8.27. The molecule has 0 aliphatic carbocycles. The zero-order valence-corrected chi connectivity index (χ0v) is 9.97. The van der Waals surface area contributed by atoms with Gasteiger partial charge in [0.25, 0.3) is 0 Å². The lowest BCUT2D eigenvalue weighted by molar-refractivity contribution is 0.832. The Kier molecular flexibility index (Phi) is 8.05. The van der Waals surface area contributed by atoms with Crippen molar-refractivity contribution in [2.24, 2.45) is 5.73 Å². The van der Waals surface area contributed by atoms with Crippen molar-refractivity contribution in [3.05, 3.63) is 34.3 Å². The van der Waals surface area contributed by atoms with Crippen LogP contribution in [0.4, 0.5) is 0 Å². The highest BCUT2D eigenvalue weighted by atomic mass is 79.9.